The Labute approximate surface area is 246 Å². The van der Waals surface area contributed by atoms with Gasteiger partial charge in [0.15, 0.2) is 0 Å². The molecule has 7 rings (SSSR count). The minimum atomic E-state index is -1.23. The van der Waals surface area contributed by atoms with E-state index in [4.69, 9.17) is 11.6 Å². The number of hydrogen-bond donors (Lipinski definition) is 1. The second-order valence-corrected chi connectivity index (χ2v) is 13.0. The van der Waals surface area contributed by atoms with Crippen LogP contribution in [-0.2, 0) is 25.7 Å². The highest BCUT2D eigenvalue weighted by atomic mass is 35.5. The first kappa shape index (κ1) is 26.2. The van der Waals surface area contributed by atoms with E-state index >= 15 is 0 Å². The summed E-state index contributed by atoms with van der Waals surface area (Å²) in [7, 11) is 0. The Morgan fingerprint density at radius 2 is 1.76 bits per heavy atom. The van der Waals surface area contributed by atoms with Gasteiger partial charge in [0.05, 0.1) is 35.4 Å². The quantitative estimate of drug-likeness (QED) is 0.320. The average Bonchev–Trinajstić information content (AvgIpc) is 3.62. The van der Waals surface area contributed by atoms with Gasteiger partial charge in [0.1, 0.15) is 5.75 Å². The number of aromatic hydroxyl groups is 1. The third-order valence-electron chi connectivity index (χ3n) is 9.57. The van der Waals surface area contributed by atoms with E-state index < -0.39 is 35.0 Å². The Balaban J connectivity index is 1.36. The highest BCUT2D eigenvalue weighted by Crippen LogP contribution is 2.64. The maximum Gasteiger partial charge on any atom is 0.241 e. The summed E-state index contributed by atoms with van der Waals surface area (Å²) in [6.07, 6.45) is 2.59. The van der Waals surface area contributed by atoms with Gasteiger partial charge >= 0.3 is 0 Å². The fraction of sp³-hybridized carbons (Fsp3) is 0.312. The van der Waals surface area contributed by atoms with Crippen molar-refractivity contribution in [2.75, 3.05) is 4.90 Å². The number of rotatable bonds is 4. The highest BCUT2D eigenvalue weighted by Gasteiger charge is 2.67. The van der Waals surface area contributed by atoms with Crippen LogP contribution in [0.15, 0.2) is 77.7 Å². The van der Waals surface area contributed by atoms with Crippen LogP contribution in [0.1, 0.15) is 36.1 Å². The molecule has 4 amide bonds. The smallest absolute Gasteiger partial charge is 0.241 e. The number of amides is 4. The maximum absolute atomic E-state index is 14.3. The fourth-order valence-electron chi connectivity index (χ4n) is 7.72. The van der Waals surface area contributed by atoms with Crippen LogP contribution >= 0.6 is 22.9 Å². The van der Waals surface area contributed by atoms with Crippen LogP contribution in [0, 0.1) is 29.1 Å². The molecule has 3 heterocycles. The molecule has 6 unspecified atom stereocenters. The van der Waals surface area contributed by atoms with Crippen molar-refractivity contribution in [3.63, 3.8) is 0 Å². The predicted octanol–water partition coefficient (Wildman–Crippen LogP) is 5.54. The Morgan fingerprint density at radius 1 is 0.976 bits per heavy atom. The zero-order valence-corrected chi connectivity index (χ0v) is 23.8. The van der Waals surface area contributed by atoms with E-state index in [-0.39, 0.29) is 42.3 Å². The molecular formula is C32H27ClN2O5S. The monoisotopic (exact) mass is 586 g/mol. The van der Waals surface area contributed by atoms with Crippen LogP contribution in [-0.4, -0.2) is 33.6 Å². The topological polar surface area (TPSA) is 95.0 Å². The Kier molecular flexibility index (Phi) is 5.99. The number of thiophene rings is 1. The molecule has 9 heteroatoms. The van der Waals surface area contributed by atoms with Crippen LogP contribution in [0.2, 0.25) is 5.02 Å². The van der Waals surface area contributed by atoms with Crippen LogP contribution in [0.3, 0.4) is 0 Å². The predicted molar refractivity (Wildman–Crippen MR) is 154 cm³/mol. The Hall–Kier alpha value is -3.75. The first-order valence-corrected chi connectivity index (χ1v) is 15.0. The zero-order chi connectivity index (χ0) is 28.6. The van der Waals surface area contributed by atoms with E-state index in [0.717, 1.165) is 10.5 Å². The third kappa shape index (κ3) is 3.70. The van der Waals surface area contributed by atoms with Gasteiger partial charge in [0, 0.05) is 21.4 Å². The number of carbonyl (C=O) groups is 4. The maximum atomic E-state index is 14.3. The highest BCUT2D eigenvalue weighted by molar-refractivity contribution is 7.09. The molecule has 2 aliphatic carbocycles. The number of fused-ring (bicyclic) bond motifs is 4. The Bertz CT molecular complexity index is 1640. The number of anilines is 1. The summed E-state index contributed by atoms with van der Waals surface area (Å²) in [6.45, 7) is 2.02. The lowest BCUT2D eigenvalue weighted by atomic mass is 9.51. The van der Waals surface area contributed by atoms with E-state index in [2.05, 4.69) is 0 Å². The SMILES string of the molecule is CC12C(=O)N(c3ccccc3)C(=O)C1CC1C(=CCC3C(=O)N(Cc4cccs4)C(=O)C31)C2c1cc(Cl)ccc1O. The molecule has 6 atom stereocenters. The van der Waals surface area contributed by atoms with E-state index in [0.29, 0.717) is 22.7 Å². The van der Waals surface area contributed by atoms with Gasteiger partial charge in [-0.2, -0.15) is 0 Å². The minimum absolute atomic E-state index is 0.0328. The number of nitrogens with zero attached hydrogens (tertiary/aromatic N) is 2. The number of para-hydroxylation sites is 1. The summed E-state index contributed by atoms with van der Waals surface area (Å²) in [6, 6.07) is 17.3. The van der Waals surface area contributed by atoms with Crippen molar-refractivity contribution in [1.29, 1.82) is 0 Å². The largest absolute Gasteiger partial charge is 0.508 e. The lowest BCUT2D eigenvalue weighted by Crippen LogP contribution is -2.48. The van der Waals surface area contributed by atoms with Gasteiger partial charge in [-0.05, 0) is 67.5 Å². The molecule has 1 saturated carbocycles. The van der Waals surface area contributed by atoms with Crippen molar-refractivity contribution >= 4 is 52.3 Å². The molecule has 2 saturated heterocycles. The van der Waals surface area contributed by atoms with Gasteiger partial charge in [-0.25, -0.2) is 4.90 Å². The molecule has 0 radical (unpaired) electrons. The fourth-order valence-corrected chi connectivity index (χ4v) is 8.59. The molecule has 208 valence electrons. The number of phenols is 1. The van der Waals surface area contributed by atoms with Gasteiger partial charge < -0.3 is 5.11 Å². The minimum Gasteiger partial charge on any atom is -0.508 e. The molecule has 7 nitrogen and oxygen atoms in total. The van der Waals surface area contributed by atoms with Crippen LogP contribution in [0.5, 0.6) is 5.75 Å². The normalized spacial score (nSPS) is 30.8. The number of phenolic OH excluding ortho intramolecular Hbond substituents is 1. The molecule has 41 heavy (non-hydrogen) atoms. The van der Waals surface area contributed by atoms with Crippen LogP contribution in [0.4, 0.5) is 5.69 Å². The van der Waals surface area contributed by atoms with Crippen molar-refractivity contribution in [1.82, 2.24) is 4.90 Å². The summed E-state index contributed by atoms with van der Waals surface area (Å²) in [5, 5.41) is 13.4. The first-order valence-electron chi connectivity index (χ1n) is 13.7. The third-order valence-corrected chi connectivity index (χ3v) is 10.7. The molecule has 4 aliphatic rings. The molecule has 1 aromatic heterocycles. The van der Waals surface area contributed by atoms with Gasteiger partial charge in [-0.15, -0.1) is 11.3 Å². The summed E-state index contributed by atoms with van der Waals surface area (Å²) >= 11 is 7.90. The summed E-state index contributed by atoms with van der Waals surface area (Å²) in [4.78, 5) is 59.5. The van der Waals surface area contributed by atoms with Gasteiger partial charge in [-0.1, -0.05) is 47.5 Å². The number of imide groups is 2. The van der Waals surface area contributed by atoms with Crippen LogP contribution in [0.25, 0.3) is 0 Å². The second-order valence-electron chi connectivity index (χ2n) is 11.5. The number of carbonyl (C=O) groups excluding carboxylic acids is 4. The summed E-state index contributed by atoms with van der Waals surface area (Å²) in [5.41, 5.74) is 0.517. The molecule has 0 spiro atoms. The van der Waals surface area contributed by atoms with Gasteiger partial charge in [0.2, 0.25) is 23.6 Å². The number of likely N-dealkylation sites (tertiary alicyclic amines) is 1. The molecule has 0 bridgehead atoms. The van der Waals surface area contributed by atoms with E-state index in [1.165, 1.54) is 27.2 Å². The molecule has 2 aliphatic heterocycles. The lowest BCUT2D eigenvalue weighted by molar-refractivity contribution is -0.141. The Morgan fingerprint density at radius 3 is 2.49 bits per heavy atom. The number of allylic oxidation sites excluding steroid dienone is 2. The van der Waals surface area contributed by atoms with Crippen molar-refractivity contribution < 1.29 is 24.3 Å². The standard InChI is InChI=1S/C32H27ClN2O5S/c1-32-24(29(38)35(31(32)40)18-6-3-2-4-7-18)15-22-20(27(32)23-14-17(33)9-12-25(23)36)10-11-21-26(22)30(39)34(28(21)37)16-19-8-5-13-41-19/h2-10,12-14,21-22,24,26-27,36H,11,15-16H2,1H3. The molecular weight excluding hydrogens is 560 g/mol. The van der Waals surface area contributed by atoms with E-state index in [1.54, 1.807) is 43.3 Å². The average molecular weight is 587 g/mol. The van der Waals surface area contributed by atoms with Crippen molar-refractivity contribution in [2.45, 2.75) is 32.2 Å². The molecule has 2 aromatic carbocycles. The molecule has 3 aromatic rings. The van der Waals surface area contributed by atoms with E-state index in [9.17, 15) is 24.3 Å². The van der Waals surface area contributed by atoms with Crippen LogP contribution < -0.4 is 4.90 Å². The number of benzene rings is 2. The number of halogens is 1. The summed E-state index contributed by atoms with van der Waals surface area (Å²) in [5.74, 6) is -4.20. The summed E-state index contributed by atoms with van der Waals surface area (Å²) < 4.78 is 0. The first-order chi connectivity index (χ1) is 19.7. The van der Waals surface area contributed by atoms with E-state index in [1.807, 2.05) is 29.7 Å². The van der Waals surface area contributed by atoms with Gasteiger partial charge in [-0.3, -0.25) is 24.1 Å². The number of hydrogen-bond acceptors (Lipinski definition) is 6. The second kappa shape index (κ2) is 9.39. The molecule has 3 fully saturated rings. The molecule has 1 N–H and O–H groups in total. The van der Waals surface area contributed by atoms with Crippen molar-refractivity contribution in [2.24, 2.45) is 29.1 Å². The lowest BCUT2D eigenvalue weighted by Gasteiger charge is -2.49. The van der Waals surface area contributed by atoms with Gasteiger partial charge in [0.25, 0.3) is 0 Å². The van der Waals surface area contributed by atoms with Crippen molar-refractivity contribution in [3.8, 4) is 5.75 Å². The van der Waals surface area contributed by atoms with Crippen molar-refractivity contribution in [3.05, 3.63) is 93.2 Å². The zero-order valence-electron chi connectivity index (χ0n) is 22.2.